The Bertz CT molecular complexity index is 612. The van der Waals surface area contributed by atoms with E-state index in [1.807, 2.05) is 24.3 Å². The number of aryl methyl sites for hydroxylation is 1. The summed E-state index contributed by atoms with van der Waals surface area (Å²) in [6, 6.07) is 7.98. The second-order valence-corrected chi connectivity index (χ2v) is 6.29. The van der Waals surface area contributed by atoms with Gasteiger partial charge in [0, 0.05) is 25.2 Å². The number of amides is 2. The van der Waals surface area contributed by atoms with Crippen LogP contribution < -0.4 is 10.2 Å². The summed E-state index contributed by atoms with van der Waals surface area (Å²) >= 11 is 0. The van der Waals surface area contributed by atoms with Gasteiger partial charge in [0.1, 0.15) is 0 Å². The lowest BCUT2D eigenvalue weighted by Crippen LogP contribution is -2.34. The number of anilines is 1. The molecule has 1 atom stereocenters. The third-order valence-electron chi connectivity index (χ3n) is 4.42. The van der Waals surface area contributed by atoms with Crippen LogP contribution in [-0.4, -0.2) is 38.0 Å². The number of hydrogen-bond acceptors (Lipinski definition) is 4. The second kappa shape index (κ2) is 9.20. The SMILES string of the molecule is CCCCc1ccc(N2CC(C(=O)NCCC(=O)OC)CC2=O)cc1. The highest BCUT2D eigenvalue weighted by atomic mass is 16.5. The lowest BCUT2D eigenvalue weighted by atomic mass is 10.1. The van der Waals surface area contributed by atoms with Crippen LogP contribution in [0.1, 0.15) is 38.2 Å². The molecule has 6 nitrogen and oxygen atoms in total. The number of benzene rings is 1. The van der Waals surface area contributed by atoms with Crippen molar-refractivity contribution >= 4 is 23.5 Å². The topological polar surface area (TPSA) is 75.7 Å². The normalized spacial score (nSPS) is 16.8. The molecule has 0 aliphatic carbocycles. The highest BCUT2D eigenvalue weighted by Crippen LogP contribution is 2.25. The van der Waals surface area contributed by atoms with Crippen LogP contribution in [0.4, 0.5) is 5.69 Å². The van der Waals surface area contributed by atoms with Crippen molar-refractivity contribution in [2.45, 2.75) is 39.0 Å². The molecule has 1 saturated heterocycles. The molecule has 1 heterocycles. The molecule has 0 radical (unpaired) electrons. The zero-order valence-electron chi connectivity index (χ0n) is 14.9. The van der Waals surface area contributed by atoms with E-state index in [-0.39, 0.29) is 43.1 Å². The van der Waals surface area contributed by atoms with E-state index in [0.29, 0.717) is 6.54 Å². The minimum absolute atomic E-state index is 0.0468. The smallest absolute Gasteiger partial charge is 0.307 e. The van der Waals surface area contributed by atoms with Gasteiger partial charge in [-0.25, -0.2) is 0 Å². The van der Waals surface area contributed by atoms with E-state index in [0.717, 1.165) is 24.9 Å². The monoisotopic (exact) mass is 346 g/mol. The fourth-order valence-electron chi connectivity index (χ4n) is 2.89. The standard InChI is InChI=1S/C19H26N2O4/c1-3-4-5-14-6-8-16(9-7-14)21-13-15(12-17(21)22)19(24)20-11-10-18(23)25-2/h6-9,15H,3-5,10-13H2,1-2H3,(H,20,24). The average molecular weight is 346 g/mol. The van der Waals surface area contributed by atoms with Crippen molar-refractivity contribution < 1.29 is 19.1 Å². The van der Waals surface area contributed by atoms with E-state index < -0.39 is 0 Å². The Labute approximate surface area is 148 Å². The number of ether oxygens (including phenoxy) is 1. The summed E-state index contributed by atoms with van der Waals surface area (Å²) in [7, 11) is 1.31. The van der Waals surface area contributed by atoms with Gasteiger partial charge in [0.15, 0.2) is 0 Å². The molecule has 2 rings (SSSR count). The Balaban J connectivity index is 1.88. The van der Waals surface area contributed by atoms with E-state index >= 15 is 0 Å². The molecule has 1 aromatic carbocycles. The second-order valence-electron chi connectivity index (χ2n) is 6.29. The van der Waals surface area contributed by atoms with Gasteiger partial charge >= 0.3 is 5.97 Å². The predicted octanol–water partition coefficient (Wildman–Crippen LogP) is 2.06. The molecule has 1 aromatic rings. The van der Waals surface area contributed by atoms with Crippen LogP contribution in [-0.2, 0) is 25.5 Å². The lowest BCUT2D eigenvalue weighted by Gasteiger charge is -2.17. The average Bonchev–Trinajstić information content (AvgIpc) is 3.02. The highest BCUT2D eigenvalue weighted by molar-refractivity contribution is 6.00. The molecule has 0 spiro atoms. The molecule has 0 aromatic heterocycles. The summed E-state index contributed by atoms with van der Waals surface area (Å²) in [5, 5.41) is 2.70. The number of rotatable bonds is 8. The summed E-state index contributed by atoms with van der Waals surface area (Å²) in [4.78, 5) is 37.1. The lowest BCUT2D eigenvalue weighted by molar-refractivity contribution is -0.140. The molecule has 1 aliphatic heterocycles. The zero-order valence-corrected chi connectivity index (χ0v) is 14.9. The van der Waals surface area contributed by atoms with Crippen LogP contribution in [0, 0.1) is 5.92 Å². The molecule has 136 valence electrons. The number of methoxy groups -OCH3 is 1. The highest BCUT2D eigenvalue weighted by Gasteiger charge is 2.34. The van der Waals surface area contributed by atoms with Crippen LogP contribution in [0.15, 0.2) is 24.3 Å². The van der Waals surface area contributed by atoms with Crippen molar-refractivity contribution in [1.82, 2.24) is 5.32 Å². The van der Waals surface area contributed by atoms with Gasteiger partial charge in [-0.3, -0.25) is 14.4 Å². The first-order valence-corrected chi connectivity index (χ1v) is 8.79. The van der Waals surface area contributed by atoms with Gasteiger partial charge in [-0.1, -0.05) is 25.5 Å². The van der Waals surface area contributed by atoms with Gasteiger partial charge in [-0.2, -0.15) is 0 Å². The van der Waals surface area contributed by atoms with Crippen LogP contribution in [0.5, 0.6) is 0 Å². The Kier molecular flexibility index (Phi) is 6.98. The maximum atomic E-state index is 12.2. The minimum Gasteiger partial charge on any atom is -0.469 e. The van der Waals surface area contributed by atoms with Crippen LogP contribution in [0.25, 0.3) is 0 Å². The van der Waals surface area contributed by atoms with Gasteiger partial charge in [0.25, 0.3) is 0 Å². The van der Waals surface area contributed by atoms with Gasteiger partial charge in [0.2, 0.25) is 11.8 Å². The van der Waals surface area contributed by atoms with Gasteiger partial charge in [-0.15, -0.1) is 0 Å². The van der Waals surface area contributed by atoms with Crippen molar-refractivity contribution in [1.29, 1.82) is 0 Å². The third-order valence-corrected chi connectivity index (χ3v) is 4.42. The first-order valence-electron chi connectivity index (χ1n) is 8.79. The van der Waals surface area contributed by atoms with Crippen molar-refractivity contribution in [3.05, 3.63) is 29.8 Å². The zero-order chi connectivity index (χ0) is 18.2. The number of unbranched alkanes of at least 4 members (excludes halogenated alkanes) is 1. The molecule has 1 fully saturated rings. The summed E-state index contributed by atoms with van der Waals surface area (Å²) in [5.74, 6) is -0.994. The van der Waals surface area contributed by atoms with Gasteiger partial charge < -0.3 is 15.0 Å². The molecular weight excluding hydrogens is 320 g/mol. The molecule has 0 saturated carbocycles. The van der Waals surface area contributed by atoms with E-state index in [2.05, 4.69) is 17.0 Å². The van der Waals surface area contributed by atoms with Crippen LogP contribution >= 0.6 is 0 Å². The fourth-order valence-corrected chi connectivity index (χ4v) is 2.89. The van der Waals surface area contributed by atoms with Crippen LogP contribution in [0.3, 0.4) is 0 Å². The minimum atomic E-state index is -0.384. The number of nitrogens with one attached hydrogen (secondary N) is 1. The van der Waals surface area contributed by atoms with Crippen molar-refractivity contribution in [3.63, 3.8) is 0 Å². The van der Waals surface area contributed by atoms with E-state index in [9.17, 15) is 14.4 Å². The Morgan fingerprint density at radius 1 is 1.28 bits per heavy atom. The fraction of sp³-hybridized carbons (Fsp3) is 0.526. The molecule has 1 aliphatic rings. The number of carbonyl (C=O) groups excluding carboxylic acids is 3. The van der Waals surface area contributed by atoms with Crippen molar-refractivity contribution in [3.8, 4) is 0 Å². The third kappa shape index (κ3) is 5.31. The Morgan fingerprint density at radius 3 is 2.64 bits per heavy atom. The van der Waals surface area contributed by atoms with Gasteiger partial charge in [0.05, 0.1) is 19.4 Å². The number of esters is 1. The van der Waals surface area contributed by atoms with E-state index in [1.54, 1.807) is 4.90 Å². The molecule has 1 unspecified atom stereocenters. The van der Waals surface area contributed by atoms with Gasteiger partial charge in [-0.05, 0) is 30.5 Å². The first kappa shape index (κ1) is 19.0. The first-order chi connectivity index (χ1) is 12.0. The summed E-state index contributed by atoms with van der Waals surface area (Å²) in [5.41, 5.74) is 2.09. The quantitative estimate of drug-likeness (QED) is 0.731. The summed E-state index contributed by atoms with van der Waals surface area (Å²) in [6.45, 7) is 2.76. The molecular formula is C19H26N2O4. The largest absolute Gasteiger partial charge is 0.469 e. The summed E-state index contributed by atoms with van der Waals surface area (Å²) in [6.07, 6.45) is 3.67. The molecule has 2 amide bonds. The maximum absolute atomic E-state index is 12.2. The van der Waals surface area contributed by atoms with E-state index in [1.165, 1.54) is 12.7 Å². The van der Waals surface area contributed by atoms with Crippen molar-refractivity contribution in [2.24, 2.45) is 5.92 Å². The molecule has 6 heteroatoms. The molecule has 0 bridgehead atoms. The number of nitrogens with zero attached hydrogens (tertiary/aromatic N) is 1. The molecule has 25 heavy (non-hydrogen) atoms. The number of carbonyl (C=O) groups is 3. The summed E-state index contributed by atoms with van der Waals surface area (Å²) < 4.78 is 4.53. The Morgan fingerprint density at radius 2 is 2.00 bits per heavy atom. The van der Waals surface area contributed by atoms with Crippen molar-refractivity contribution in [2.75, 3.05) is 25.1 Å². The maximum Gasteiger partial charge on any atom is 0.307 e. The number of hydrogen-bond donors (Lipinski definition) is 1. The Hall–Kier alpha value is -2.37. The van der Waals surface area contributed by atoms with E-state index in [4.69, 9.17) is 0 Å². The predicted molar refractivity (Wildman–Crippen MR) is 95.2 cm³/mol. The molecule has 1 N–H and O–H groups in total. The van der Waals surface area contributed by atoms with Crippen LogP contribution in [0.2, 0.25) is 0 Å².